The summed E-state index contributed by atoms with van der Waals surface area (Å²) in [5.74, 6) is -2.13. The standard InChI is InChI=1S/C15H14F2N2O8S/c16-8-4-7(5-19-10(8)6-1-2-18-9(17)3-6)26-14-12(21)11(20)13(22)15(27-14)28(23,24)25/h1-5,11-15,20-22H,(H,23,24,25)/t11-,12-,13+,14-,15?/m1/s1. The SMILES string of the molecule is O=S(=O)(O)C1O[C@@H](Oc2cnc(-c3ccnc(F)c3)c(F)c2)[C@H](O)[C@@H](O)[C@@H]1O. The largest absolute Gasteiger partial charge is 0.460 e. The van der Waals surface area contributed by atoms with E-state index in [2.05, 4.69) is 9.97 Å². The number of aliphatic hydroxyl groups excluding tert-OH is 3. The number of pyridine rings is 2. The van der Waals surface area contributed by atoms with Gasteiger partial charge in [0.1, 0.15) is 29.8 Å². The Morgan fingerprint density at radius 1 is 1.07 bits per heavy atom. The minimum atomic E-state index is -4.97. The molecular formula is C15H14F2N2O8S. The van der Waals surface area contributed by atoms with Crippen molar-refractivity contribution in [3.63, 3.8) is 0 Å². The Labute approximate surface area is 156 Å². The number of ether oxygens (including phenoxy) is 2. The number of rotatable bonds is 4. The normalized spacial score (nSPS) is 28.1. The van der Waals surface area contributed by atoms with E-state index < -0.39 is 51.9 Å². The molecule has 28 heavy (non-hydrogen) atoms. The summed E-state index contributed by atoms with van der Waals surface area (Å²) in [6.45, 7) is 0. The van der Waals surface area contributed by atoms with Gasteiger partial charge in [-0.3, -0.25) is 4.55 Å². The van der Waals surface area contributed by atoms with Crippen LogP contribution >= 0.6 is 0 Å². The average molecular weight is 420 g/mol. The number of nitrogens with zero attached hydrogens (tertiary/aromatic N) is 2. The zero-order valence-corrected chi connectivity index (χ0v) is 14.6. The lowest BCUT2D eigenvalue weighted by molar-refractivity contribution is -0.254. The van der Waals surface area contributed by atoms with Crippen molar-refractivity contribution in [1.82, 2.24) is 9.97 Å². The fraction of sp³-hybridized carbons (Fsp3) is 0.333. The van der Waals surface area contributed by atoms with E-state index in [1.807, 2.05) is 0 Å². The van der Waals surface area contributed by atoms with Crippen LogP contribution in [0, 0.1) is 11.8 Å². The Morgan fingerprint density at radius 2 is 1.79 bits per heavy atom. The molecule has 0 aliphatic carbocycles. The molecule has 0 spiro atoms. The highest BCUT2D eigenvalue weighted by Gasteiger charge is 2.50. The fourth-order valence-corrected chi connectivity index (χ4v) is 3.31. The molecule has 13 heteroatoms. The molecule has 0 radical (unpaired) electrons. The molecular weight excluding hydrogens is 406 g/mol. The lowest BCUT2D eigenvalue weighted by atomic mass is 10.1. The van der Waals surface area contributed by atoms with Crippen molar-refractivity contribution in [3.8, 4) is 17.0 Å². The van der Waals surface area contributed by atoms with Crippen molar-refractivity contribution in [2.45, 2.75) is 30.0 Å². The maximum Gasteiger partial charge on any atom is 0.295 e. The third kappa shape index (κ3) is 4.09. The van der Waals surface area contributed by atoms with Gasteiger partial charge in [0.25, 0.3) is 10.1 Å². The Kier molecular flexibility index (Phi) is 5.56. The van der Waals surface area contributed by atoms with Gasteiger partial charge < -0.3 is 24.8 Å². The third-order valence-corrected chi connectivity index (χ3v) is 4.86. The van der Waals surface area contributed by atoms with Gasteiger partial charge in [-0.2, -0.15) is 12.8 Å². The molecule has 4 N–H and O–H groups in total. The second-order valence-electron chi connectivity index (χ2n) is 5.85. The molecule has 0 saturated carbocycles. The van der Waals surface area contributed by atoms with Crippen molar-refractivity contribution in [1.29, 1.82) is 0 Å². The summed E-state index contributed by atoms with van der Waals surface area (Å²) in [4.78, 5) is 7.11. The van der Waals surface area contributed by atoms with E-state index in [0.717, 1.165) is 24.5 Å². The van der Waals surface area contributed by atoms with Gasteiger partial charge >= 0.3 is 0 Å². The van der Waals surface area contributed by atoms with Crippen LogP contribution in [0.25, 0.3) is 11.3 Å². The fourth-order valence-electron chi connectivity index (χ4n) is 2.54. The number of halogens is 2. The molecule has 1 unspecified atom stereocenters. The second-order valence-corrected chi connectivity index (χ2v) is 7.34. The van der Waals surface area contributed by atoms with Crippen LogP contribution in [0.5, 0.6) is 5.75 Å². The lowest BCUT2D eigenvalue weighted by Crippen LogP contribution is -2.61. The topological polar surface area (TPSA) is 159 Å². The van der Waals surface area contributed by atoms with Crippen LogP contribution in [-0.2, 0) is 14.9 Å². The van der Waals surface area contributed by atoms with E-state index in [1.54, 1.807) is 0 Å². The van der Waals surface area contributed by atoms with Crippen molar-refractivity contribution in [2.75, 3.05) is 0 Å². The van der Waals surface area contributed by atoms with E-state index in [0.29, 0.717) is 0 Å². The van der Waals surface area contributed by atoms with Crippen LogP contribution in [0.15, 0.2) is 30.6 Å². The van der Waals surface area contributed by atoms with Crippen LogP contribution in [0.4, 0.5) is 8.78 Å². The van der Waals surface area contributed by atoms with E-state index in [1.165, 1.54) is 6.07 Å². The van der Waals surface area contributed by atoms with Crippen LogP contribution in [0.2, 0.25) is 0 Å². The van der Waals surface area contributed by atoms with Crippen LogP contribution < -0.4 is 4.74 Å². The third-order valence-electron chi connectivity index (χ3n) is 3.89. The average Bonchev–Trinajstić information content (AvgIpc) is 2.61. The molecule has 2 aromatic rings. The minimum absolute atomic E-state index is 0.0930. The van der Waals surface area contributed by atoms with E-state index >= 15 is 0 Å². The molecule has 0 amide bonds. The Balaban J connectivity index is 1.84. The van der Waals surface area contributed by atoms with Gasteiger partial charge in [0.2, 0.25) is 17.7 Å². The molecule has 3 heterocycles. The molecule has 3 rings (SSSR count). The Hall–Kier alpha value is -2.29. The highest BCUT2D eigenvalue weighted by Crippen LogP contribution is 2.28. The van der Waals surface area contributed by atoms with Crippen molar-refractivity contribution >= 4 is 10.1 Å². The molecule has 0 aromatic carbocycles. The highest BCUT2D eigenvalue weighted by atomic mass is 32.2. The van der Waals surface area contributed by atoms with Crippen LogP contribution in [0.1, 0.15) is 0 Å². The summed E-state index contributed by atoms with van der Waals surface area (Å²) < 4.78 is 68.9. The summed E-state index contributed by atoms with van der Waals surface area (Å²) in [6, 6.07) is 3.07. The van der Waals surface area contributed by atoms with E-state index in [-0.39, 0.29) is 17.0 Å². The molecule has 1 saturated heterocycles. The maximum atomic E-state index is 14.3. The zero-order valence-electron chi connectivity index (χ0n) is 13.8. The second kappa shape index (κ2) is 7.62. The number of hydrogen-bond donors (Lipinski definition) is 4. The first-order valence-corrected chi connectivity index (χ1v) is 9.18. The van der Waals surface area contributed by atoms with Gasteiger partial charge in [0, 0.05) is 23.9 Å². The molecule has 1 fully saturated rings. The predicted molar refractivity (Wildman–Crippen MR) is 86.2 cm³/mol. The highest BCUT2D eigenvalue weighted by molar-refractivity contribution is 7.86. The van der Waals surface area contributed by atoms with E-state index in [9.17, 15) is 32.5 Å². The zero-order chi connectivity index (χ0) is 20.6. The van der Waals surface area contributed by atoms with E-state index in [4.69, 9.17) is 14.0 Å². The molecule has 0 bridgehead atoms. The van der Waals surface area contributed by atoms with Gasteiger partial charge in [-0.15, -0.1) is 0 Å². The first-order chi connectivity index (χ1) is 13.1. The van der Waals surface area contributed by atoms with Crippen LogP contribution in [0.3, 0.4) is 0 Å². The van der Waals surface area contributed by atoms with Gasteiger partial charge in [-0.1, -0.05) is 0 Å². The Bertz CT molecular complexity index is 976. The van der Waals surface area contributed by atoms with Gasteiger partial charge in [-0.25, -0.2) is 14.4 Å². The maximum absolute atomic E-state index is 14.3. The summed E-state index contributed by atoms with van der Waals surface area (Å²) in [6.07, 6.45) is -5.90. The summed E-state index contributed by atoms with van der Waals surface area (Å²) in [5.41, 5.74) is -2.44. The van der Waals surface area contributed by atoms with Crippen LogP contribution in [-0.4, -0.2) is 68.3 Å². The quantitative estimate of drug-likeness (QED) is 0.373. The predicted octanol–water partition coefficient (Wildman–Crippen LogP) is -0.547. The molecule has 5 atom stereocenters. The van der Waals surface area contributed by atoms with Gasteiger partial charge in [-0.05, 0) is 6.07 Å². The van der Waals surface area contributed by atoms with Crippen molar-refractivity contribution < 1.29 is 46.5 Å². The van der Waals surface area contributed by atoms with Crippen molar-refractivity contribution in [3.05, 3.63) is 42.4 Å². The number of aliphatic hydroxyl groups is 3. The number of hydrogen-bond acceptors (Lipinski definition) is 9. The molecule has 2 aromatic heterocycles. The smallest absolute Gasteiger partial charge is 0.295 e. The lowest BCUT2D eigenvalue weighted by Gasteiger charge is -2.38. The molecule has 10 nitrogen and oxygen atoms in total. The van der Waals surface area contributed by atoms with Gasteiger partial charge in [0.15, 0.2) is 5.82 Å². The molecule has 152 valence electrons. The monoisotopic (exact) mass is 420 g/mol. The molecule has 1 aliphatic rings. The van der Waals surface area contributed by atoms with Crippen molar-refractivity contribution in [2.24, 2.45) is 0 Å². The molecule has 1 aliphatic heterocycles. The minimum Gasteiger partial charge on any atom is -0.460 e. The van der Waals surface area contributed by atoms with Gasteiger partial charge in [0.05, 0.1) is 6.20 Å². The summed E-state index contributed by atoms with van der Waals surface area (Å²) in [5, 5.41) is 29.2. The number of aromatic nitrogens is 2. The first kappa shape index (κ1) is 20.4. The summed E-state index contributed by atoms with van der Waals surface area (Å²) in [7, 11) is -4.97. The Morgan fingerprint density at radius 3 is 2.39 bits per heavy atom. The summed E-state index contributed by atoms with van der Waals surface area (Å²) >= 11 is 0. The first-order valence-electron chi connectivity index (χ1n) is 7.68.